The van der Waals surface area contributed by atoms with Gasteiger partial charge in [-0.05, 0) is 17.7 Å². The molecule has 1 aromatic carbocycles. The van der Waals surface area contributed by atoms with Crippen molar-refractivity contribution in [2.75, 3.05) is 0 Å². The maximum Gasteiger partial charge on any atom is 1.00 e. The molecule has 0 amide bonds. The van der Waals surface area contributed by atoms with Gasteiger partial charge in [-0.2, -0.15) is 0 Å². The number of hydrogen-bond donors (Lipinski definition) is 1. The van der Waals surface area contributed by atoms with Crippen LogP contribution in [0, 0.1) is 0 Å². The first-order valence-corrected chi connectivity index (χ1v) is 4.28. The average Bonchev–Trinajstić information content (AvgIpc) is 2.15. The SMILES string of the molecule is NC(C(=O)[O-])c1cc(Cl)ccc1C(=O)[O-].[Na+].[Na+]. The Bertz CT molecular complexity index is 427. The molecule has 1 atom stereocenters. The standard InChI is InChI=1S/C9H8ClNO4.2Na/c10-4-1-2-5(8(12)13)6(3-4)7(11)9(14)15;;/h1-3,7H,11H2,(H,12,13)(H,14,15);;/q;2*+1/p-2. The van der Waals surface area contributed by atoms with Crippen LogP contribution < -0.4 is 75.1 Å². The van der Waals surface area contributed by atoms with Gasteiger partial charge >= 0.3 is 59.1 Å². The molecule has 0 spiro atoms. The van der Waals surface area contributed by atoms with Crippen molar-refractivity contribution in [1.29, 1.82) is 0 Å². The molecule has 0 aliphatic carbocycles. The number of aromatic carboxylic acids is 1. The third-order valence-electron chi connectivity index (χ3n) is 1.82. The Balaban J connectivity index is 0. The molecule has 0 fully saturated rings. The van der Waals surface area contributed by atoms with Crippen molar-refractivity contribution < 1.29 is 78.9 Å². The van der Waals surface area contributed by atoms with Gasteiger partial charge in [0.2, 0.25) is 0 Å². The summed E-state index contributed by atoms with van der Waals surface area (Å²) in [5.74, 6) is -3.10. The third kappa shape index (κ3) is 5.28. The molecule has 0 aromatic heterocycles. The van der Waals surface area contributed by atoms with Crippen LogP contribution in [0.2, 0.25) is 5.02 Å². The maximum atomic E-state index is 10.6. The number of carboxylic acid groups (broad SMARTS) is 2. The van der Waals surface area contributed by atoms with Crippen LogP contribution >= 0.6 is 11.6 Å². The summed E-state index contributed by atoms with van der Waals surface area (Å²) < 4.78 is 0. The topological polar surface area (TPSA) is 106 Å². The van der Waals surface area contributed by atoms with Crippen LogP contribution in [0.25, 0.3) is 0 Å². The fraction of sp³-hybridized carbons (Fsp3) is 0.111. The number of carbonyl (C=O) groups excluding carboxylic acids is 2. The van der Waals surface area contributed by atoms with Crippen molar-refractivity contribution in [2.45, 2.75) is 6.04 Å². The van der Waals surface area contributed by atoms with E-state index in [0.29, 0.717) is 0 Å². The molecule has 1 unspecified atom stereocenters. The molecule has 5 nitrogen and oxygen atoms in total. The predicted octanol–water partition coefficient (Wildman–Crippen LogP) is -7.54. The fourth-order valence-corrected chi connectivity index (χ4v) is 1.28. The molecule has 1 rings (SSSR count). The van der Waals surface area contributed by atoms with E-state index in [1.807, 2.05) is 0 Å². The van der Waals surface area contributed by atoms with E-state index in [-0.39, 0.29) is 75.3 Å². The summed E-state index contributed by atoms with van der Waals surface area (Å²) >= 11 is 5.59. The summed E-state index contributed by atoms with van der Waals surface area (Å²) in [5.41, 5.74) is 4.79. The molecule has 0 aliphatic rings. The Labute approximate surface area is 147 Å². The zero-order valence-electron chi connectivity index (χ0n) is 9.40. The Morgan fingerprint density at radius 2 is 1.76 bits per heavy atom. The first-order chi connectivity index (χ1) is 6.93. The van der Waals surface area contributed by atoms with E-state index in [1.165, 1.54) is 6.07 Å². The number of carbonyl (C=O) groups is 2. The Hall–Kier alpha value is 0.410. The zero-order chi connectivity index (χ0) is 11.6. The number of halogens is 1. The van der Waals surface area contributed by atoms with Crippen LogP contribution in [0.5, 0.6) is 0 Å². The van der Waals surface area contributed by atoms with Crippen molar-refractivity contribution in [3.05, 3.63) is 34.3 Å². The molecule has 0 heterocycles. The molecule has 17 heavy (non-hydrogen) atoms. The fourth-order valence-electron chi connectivity index (χ4n) is 1.10. The van der Waals surface area contributed by atoms with Crippen molar-refractivity contribution >= 4 is 23.5 Å². The summed E-state index contributed by atoms with van der Waals surface area (Å²) in [4.78, 5) is 21.1. The molecule has 0 saturated heterocycles. The first-order valence-electron chi connectivity index (χ1n) is 3.90. The molecule has 8 heteroatoms. The Morgan fingerprint density at radius 3 is 2.18 bits per heavy atom. The second-order valence-corrected chi connectivity index (χ2v) is 3.25. The van der Waals surface area contributed by atoms with Gasteiger partial charge in [-0.15, -0.1) is 0 Å². The molecular weight excluding hydrogens is 268 g/mol. The summed E-state index contributed by atoms with van der Waals surface area (Å²) in [7, 11) is 0. The number of rotatable bonds is 3. The van der Waals surface area contributed by atoms with E-state index in [1.54, 1.807) is 0 Å². The molecule has 0 saturated carbocycles. The monoisotopic (exact) mass is 273 g/mol. The third-order valence-corrected chi connectivity index (χ3v) is 2.06. The van der Waals surface area contributed by atoms with E-state index >= 15 is 0 Å². The normalized spacial score (nSPS) is 10.7. The largest absolute Gasteiger partial charge is 1.00 e. The minimum Gasteiger partial charge on any atom is -0.548 e. The second kappa shape index (κ2) is 8.50. The van der Waals surface area contributed by atoms with Crippen molar-refractivity contribution in [1.82, 2.24) is 0 Å². The van der Waals surface area contributed by atoms with Gasteiger partial charge in [-0.25, -0.2) is 0 Å². The second-order valence-electron chi connectivity index (χ2n) is 2.82. The Morgan fingerprint density at radius 1 is 1.24 bits per heavy atom. The molecule has 80 valence electrons. The average molecular weight is 274 g/mol. The quantitative estimate of drug-likeness (QED) is 0.551. The van der Waals surface area contributed by atoms with Crippen LogP contribution in [-0.4, -0.2) is 11.9 Å². The molecule has 2 N–H and O–H groups in total. The predicted molar refractivity (Wildman–Crippen MR) is 47.7 cm³/mol. The van der Waals surface area contributed by atoms with Gasteiger partial charge in [0.05, 0.1) is 18.0 Å². The minimum atomic E-state index is -1.58. The van der Waals surface area contributed by atoms with Gasteiger partial charge in [0.1, 0.15) is 0 Å². The molecular formula is C9H6ClNNa2O4. The molecule has 1 aromatic rings. The molecule has 0 aliphatic heterocycles. The summed E-state index contributed by atoms with van der Waals surface area (Å²) in [6.45, 7) is 0. The van der Waals surface area contributed by atoms with E-state index in [2.05, 4.69) is 0 Å². The molecule has 0 radical (unpaired) electrons. The van der Waals surface area contributed by atoms with Gasteiger partial charge in [0.15, 0.2) is 0 Å². The van der Waals surface area contributed by atoms with Gasteiger partial charge in [0, 0.05) is 10.6 Å². The number of hydrogen-bond acceptors (Lipinski definition) is 5. The van der Waals surface area contributed by atoms with Crippen LogP contribution in [0.1, 0.15) is 22.0 Å². The van der Waals surface area contributed by atoms with Crippen LogP contribution in [0.3, 0.4) is 0 Å². The van der Waals surface area contributed by atoms with Gasteiger partial charge in [0.25, 0.3) is 0 Å². The number of nitrogens with two attached hydrogens (primary N) is 1. The van der Waals surface area contributed by atoms with Gasteiger partial charge in [-0.3, -0.25) is 0 Å². The Kier molecular flexibility index (Phi) is 9.87. The maximum absolute atomic E-state index is 10.6. The smallest absolute Gasteiger partial charge is 0.548 e. The summed E-state index contributed by atoms with van der Waals surface area (Å²) in [6, 6.07) is 2.05. The summed E-state index contributed by atoms with van der Waals surface area (Å²) in [6.07, 6.45) is 0. The summed E-state index contributed by atoms with van der Waals surface area (Å²) in [5, 5.41) is 21.3. The van der Waals surface area contributed by atoms with E-state index < -0.39 is 18.0 Å². The van der Waals surface area contributed by atoms with Crippen molar-refractivity contribution in [3.63, 3.8) is 0 Å². The van der Waals surface area contributed by atoms with Gasteiger partial charge < -0.3 is 25.5 Å². The number of benzene rings is 1. The van der Waals surface area contributed by atoms with Crippen molar-refractivity contribution in [2.24, 2.45) is 5.73 Å². The van der Waals surface area contributed by atoms with E-state index in [0.717, 1.165) is 12.1 Å². The van der Waals surface area contributed by atoms with Crippen LogP contribution in [0.15, 0.2) is 18.2 Å². The molecule has 0 bridgehead atoms. The number of aliphatic carboxylic acids is 1. The number of carboxylic acids is 2. The van der Waals surface area contributed by atoms with Crippen LogP contribution in [0.4, 0.5) is 0 Å². The van der Waals surface area contributed by atoms with E-state index in [4.69, 9.17) is 17.3 Å². The zero-order valence-corrected chi connectivity index (χ0v) is 14.2. The van der Waals surface area contributed by atoms with Crippen molar-refractivity contribution in [3.8, 4) is 0 Å². The first kappa shape index (κ1) is 19.7. The van der Waals surface area contributed by atoms with Gasteiger partial charge in [-0.1, -0.05) is 17.7 Å². The van der Waals surface area contributed by atoms with Crippen LogP contribution in [-0.2, 0) is 4.79 Å². The van der Waals surface area contributed by atoms with E-state index in [9.17, 15) is 19.8 Å². The minimum absolute atomic E-state index is 0.